The molecule has 41 heavy (non-hydrogen) atoms. The predicted molar refractivity (Wildman–Crippen MR) is 166 cm³/mol. The maximum Gasteiger partial charge on any atom is 0.264 e. The molecule has 0 aromatic heterocycles. The van der Waals surface area contributed by atoms with Crippen molar-refractivity contribution in [3.05, 3.63) is 93.5 Å². The van der Waals surface area contributed by atoms with Crippen molar-refractivity contribution in [1.29, 1.82) is 0 Å². The Bertz CT molecular complexity index is 1460. The minimum Gasteiger partial charge on any atom is -0.355 e. The van der Waals surface area contributed by atoms with Gasteiger partial charge in [-0.3, -0.25) is 13.9 Å². The van der Waals surface area contributed by atoms with Crippen LogP contribution in [0.3, 0.4) is 0 Å². The lowest BCUT2D eigenvalue weighted by atomic mass is 10.0. The summed E-state index contributed by atoms with van der Waals surface area (Å²) in [6, 6.07) is 17.8. The summed E-state index contributed by atoms with van der Waals surface area (Å²) in [5, 5.41) is 3.47. The maximum atomic E-state index is 14.1. The molecule has 1 atom stereocenters. The molecule has 0 radical (unpaired) electrons. The second-order valence-electron chi connectivity index (χ2n) is 10.2. The first-order chi connectivity index (χ1) is 19.4. The molecule has 220 valence electrons. The third-order valence-electron chi connectivity index (χ3n) is 6.81. The van der Waals surface area contributed by atoms with Gasteiger partial charge in [-0.2, -0.15) is 0 Å². The van der Waals surface area contributed by atoms with Crippen LogP contribution in [0, 0.1) is 6.92 Å². The molecule has 2 amide bonds. The summed E-state index contributed by atoms with van der Waals surface area (Å²) in [5.74, 6) is -0.604. The van der Waals surface area contributed by atoms with Gasteiger partial charge in [0, 0.05) is 13.1 Å². The van der Waals surface area contributed by atoms with Crippen LogP contribution in [0.1, 0.15) is 56.7 Å². The third-order valence-corrected chi connectivity index (χ3v) is 9.34. The second-order valence-corrected chi connectivity index (χ2v) is 12.8. The van der Waals surface area contributed by atoms with E-state index >= 15 is 0 Å². The number of halogens is 2. The first-order valence-corrected chi connectivity index (χ1v) is 15.8. The Morgan fingerprint density at radius 3 is 2.07 bits per heavy atom. The summed E-state index contributed by atoms with van der Waals surface area (Å²) in [5.41, 5.74) is 2.96. The molecule has 0 heterocycles. The number of carbonyl (C=O) groups is 2. The Kier molecular flexibility index (Phi) is 11.2. The van der Waals surface area contributed by atoms with Gasteiger partial charge in [-0.05, 0) is 73.7 Å². The molecule has 10 heteroatoms. The molecule has 7 nitrogen and oxygen atoms in total. The summed E-state index contributed by atoms with van der Waals surface area (Å²) in [6.45, 7) is 9.49. The zero-order valence-electron chi connectivity index (χ0n) is 24.0. The average molecular weight is 619 g/mol. The first-order valence-electron chi connectivity index (χ1n) is 13.6. The van der Waals surface area contributed by atoms with Crippen molar-refractivity contribution in [3.63, 3.8) is 0 Å². The molecule has 0 spiro atoms. The van der Waals surface area contributed by atoms with E-state index in [2.05, 4.69) is 5.32 Å². The Balaban J connectivity index is 2.08. The first kappa shape index (κ1) is 32.4. The highest BCUT2D eigenvalue weighted by Gasteiger charge is 2.33. The summed E-state index contributed by atoms with van der Waals surface area (Å²) < 4.78 is 29.1. The molecule has 0 aliphatic heterocycles. The standard InChI is InChI=1S/C31H37Cl2N3O4S/c1-6-29(31(38)34-7-2)35(19-23-10-17-27(32)28(33)18-23)30(37)20-36(25-13-11-24(12-14-25)21(3)4)41(39,40)26-15-8-22(5)9-16-26/h8-18,21,29H,6-7,19-20H2,1-5H3,(H,34,38)/t29-/m1/s1. The molecule has 3 rings (SSSR count). The van der Waals surface area contributed by atoms with Crippen LogP contribution in [-0.2, 0) is 26.2 Å². The number of aryl methyl sites for hydroxylation is 1. The number of anilines is 1. The quantitative estimate of drug-likeness (QED) is 0.249. The minimum atomic E-state index is -4.13. The van der Waals surface area contributed by atoms with Gasteiger partial charge in [0.15, 0.2) is 0 Å². The van der Waals surface area contributed by atoms with Gasteiger partial charge in [-0.25, -0.2) is 8.42 Å². The zero-order valence-corrected chi connectivity index (χ0v) is 26.4. The van der Waals surface area contributed by atoms with E-state index in [0.29, 0.717) is 34.3 Å². The van der Waals surface area contributed by atoms with Crippen molar-refractivity contribution in [2.24, 2.45) is 0 Å². The number of hydrogen-bond donors (Lipinski definition) is 1. The SMILES string of the molecule is CCNC(=O)[C@@H](CC)N(Cc1ccc(Cl)c(Cl)c1)C(=O)CN(c1ccc(C(C)C)cc1)S(=O)(=O)c1ccc(C)cc1. The number of nitrogens with zero attached hydrogens (tertiary/aromatic N) is 2. The number of sulfonamides is 1. The molecule has 3 aromatic carbocycles. The summed E-state index contributed by atoms with van der Waals surface area (Å²) in [4.78, 5) is 28.6. The molecule has 1 N–H and O–H groups in total. The molecule has 0 fully saturated rings. The van der Waals surface area contributed by atoms with E-state index in [4.69, 9.17) is 23.2 Å². The van der Waals surface area contributed by atoms with Gasteiger partial charge in [-0.15, -0.1) is 0 Å². The Morgan fingerprint density at radius 2 is 1.54 bits per heavy atom. The minimum absolute atomic E-state index is 0.0378. The molecular weight excluding hydrogens is 581 g/mol. The van der Waals surface area contributed by atoms with Crippen LogP contribution in [0.25, 0.3) is 0 Å². The fourth-order valence-corrected chi connectivity index (χ4v) is 6.17. The van der Waals surface area contributed by atoms with Crippen molar-refractivity contribution in [3.8, 4) is 0 Å². The van der Waals surface area contributed by atoms with E-state index < -0.39 is 28.5 Å². The summed E-state index contributed by atoms with van der Waals surface area (Å²) in [7, 11) is -4.13. The number of carbonyl (C=O) groups excluding carboxylic acids is 2. The second kappa shape index (κ2) is 14.2. The van der Waals surface area contributed by atoms with Gasteiger partial charge in [0.25, 0.3) is 10.0 Å². The highest BCUT2D eigenvalue weighted by atomic mass is 35.5. The molecule has 0 aliphatic carbocycles. The van der Waals surface area contributed by atoms with Crippen LogP contribution in [0.15, 0.2) is 71.6 Å². The van der Waals surface area contributed by atoms with Crippen molar-refractivity contribution in [2.75, 3.05) is 17.4 Å². The third kappa shape index (κ3) is 8.03. The smallest absolute Gasteiger partial charge is 0.264 e. The molecular formula is C31H37Cl2N3O4S. The average Bonchev–Trinajstić information content (AvgIpc) is 2.93. The number of amides is 2. The molecule has 3 aromatic rings. The Morgan fingerprint density at radius 1 is 0.902 bits per heavy atom. The summed E-state index contributed by atoms with van der Waals surface area (Å²) >= 11 is 12.3. The lowest BCUT2D eigenvalue weighted by molar-refractivity contribution is -0.140. The Hall–Kier alpha value is -3.07. The van der Waals surface area contributed by atoms with Crippen LogP contribution in [-0.4, -0.2) is 44.3 Å². The van der Waals surface area contributed by atoms with Gasteiger partial charge < -0.3 is 10.2 Å². The predicted octanol–water partition coefficient (Wildman–Crippen LogP) is 6.56. The Labute approximate surface area is 253 Å². The molecule has 0 unspecified atom stereocenters. The monoisotopic (exact) mass is 617 g/mol. The molecule has 0 saturated heterocycles. The number of nitrogens with one attached hydrogen (secondary N) is 1. The van der Waals surface area contributed by atoms with Crippen molar-refractivity contribution in [2.45, 2.75) is 64.4 Å². The molecule has 0 bridgehead atoms. The fraction of sp³-hybridized carbons (Fsp3) is 0.355. The number of benzene rings is 3. The summed E-state index contributed by atoms with van der Waals surface area (Å²) in [6.07, 6.45) is 0.326. The highest BCUT2D eigenvalue weighted by molar-refractivity contribution is 7.92. The number of likely N-dealkylation sites (N-methyl/N-ethyl adjacent to an activating group) is 1. The van der Waals surface area contributed by atoms with E-state index in [9.17, 15) is 18.0 Å². The van der Waals surface area contributed by atoms with Crippen LogP contribution >= 0.6 is 23.2 Å². The van der Waals surface area contributed by atoms with E-state index in [1.165, 1.54) is 17.0 Å². The van der Waals surface area contributed by atoms with Crippen LogP contribution in [0.4, 0.5) is 5.69 Å². The van der Waals surface area contributed by atoms with Crippen LogP contribution in [0.5, 0.6) is 0 Å². The lowest BCUT2D eigenvalue weighted by Crippen LogP contribution is -2.52. The van der Waals surface area contributed by atoms with Gasteiger partial charge >= 0.3 is 0 Å². The lowest BCUT2D eigenvalue weighted by Gasteiger charge is -2.33. The van der Waals surface area contributed by atoms with Crippen LogP contribution < -0.4 is 9.62 Å². The van der Waals surface area contributed by atoms with Gasteiger partial charge in [0.05, 0.1) is 20.6 Å². The largest absolute Gasteiger partial charge is 0.355 e. The number of rotatable bonds is 12. The van der Waals surface area contributed by atoms with Gasteiger partial charge in [0.2, 0.25) is 11.8 Å². The highest BCUT2D eigenvalue weighted by Crippen LogP contribution is 2.28. The fourth-order valence-electron chi connectivity index (χ4n) is 4.44. The number of hydrogen-bond acceptors (Lipinski definition) is 4. The van der Waals surface area contributed by atoms with E-state index in [0.717, 1.165) is 15.4 Å². The van der Waals surface area contributed by atoms with E-state index in [-0.39, 0.29) is 23.3 Å². The normalized spacial score (nSPS) is 12.2. The van der Waals surface area contributed by atoms with Gasteiger partial charge in [0.1, 0.15) is 12.6 Å². The van der Waals surface area contributed by atoms with E-state index in [1.807, 2.05) is 32.9 Å². The maximum absolute atomic E-state index is 14.1. The molecule has 0 aliphatic rings. The van der Waals surface area contributed by atoms with Crippen LogP contribution in [0.2, 0.25) is 10.0 Å². The van der Waals surface area contributed by atoms with E-state index in [1.54, 1.807) is 56.3 Å². The van der Waals surface area contributed by atoms with Crippen molar-refractivity contribution < 1.29 is 18.0 Å². The topological polar surface area (TPSA) is 86.8 Å². The van der Waals surface area contributed by atoms with Crippen molar-refractivity contribution in [1.82, 2.24) is 10.2 Å². The zero-order chi connectivity index (χ0) is 30.3. The molecule has 0 saturated carbocycles. The van der Waals surface area contributed by atoms with Gasteiger partial charge in [-0.1, -0.05) is 79.9 Å². The van der Waals surface area contributed by atoms with Crippen molar-refractivity contribution >= 4 is 50.7 Å².